The number of hydrogen-bond donors (Lipinski definition) is 0. The van der Waals surface area contributed by atoms with Gasteiger partial charge in [-0.1, -0.05) is 12.1 Å². The molecule has 0 atom stereocenters. The zero-order valence-electron chi connectivity index (χ0n) is 26.5. The van der Waals surface area contributed by atoms with Gasteiger partial charge in [0.15, 0.2) is 0 Å². The Bertz CT molecular complexity index is 1920. The van der Waals surface area contributed by atoms with Gasteiger partial charge in [-0.05, 0) is 92.5 Å². The minimum atomic E-state index is -0.335. The fraction of sp³-hybridized carbons (Fsp3) is 0.438. The maximum Gasteiger partial charge on any atom is 0.505 e. The van der Waals surface area contributed by atoms with E-state index in [4.69, 9.17) is 18.6 Å². The average molecular weight is 697 g/mol. The molecule has 2 aliphatic heterocycles. The molecule has 0 amide bonds. The van der Waals surface area contributed by atoms with Crippen molar-refractivity contribution in [1.29, 1.82) is 0 Å². The molecule has 0 N–H and O–H groups in total. The first-order valence-electron chi connectivity index (χ1n) is 14.9. The zero-order valence-corrected chi connectivity index (χ0v) is 31.4. The summed E-state index contributed by atoms with van der Waals surface area (Å²) in [6, 6.07) is 8.85. The zero-order chi connectivity index (χ0) is 31.1. The molecule has 6 aromatic heterocycles. The predicted octanol–water partition coefficient (Wildman–Crippen LogP) is 10.1. The summed E-state index contributed by atoms with van der Waals surface area (Å²) in [5.41, 5.74) is 1.42. The van der Waals surface area contributed by atoms with E-state index < -0.39 is 0 Å². The monoisotopic (exact) mass is 696 g/mol. The van der Waals surface area contributed by atoms with Crippen LogP contribution in [0, 0.1) is 13.8 Å². The second-order valence-corrected chi connectivity index (χ2v) is 20.2. The van der Waals surface area contributed by atoms with Crippen LogP contribution in [0.2, 0.25) is 0 Å². The van der Waals surface area contributed by atoms with E-state index in [-0.39, 0.29) is 36.6 Å². The van der Waals surface area contributed by atoms with Crippen molar-refractivity contribution >= 4 is 120 Å². The van der Waals surface area contributed by atoms with Crippen molar-refractivity contribution in [1.82, 2.24) is 0 Å². The molecule has 0 radical (unpaired) electrons. The van der Waals surface area contributed by atoms with Crippen LogP contribution < -0.4 is 9.55 Å². The maximum atomic E-state index is 6.34. The lowest BCUT2D eigenvalue weighted by Crippen LogP contribution is -2.41. The molecule has 0 bridgehead atoms. The number of thiophene rings is 6. The molecule has 2 saturated heterocycles. The lowest BCUT2D eigenvalue weighted by atomic mass is 9.88. The standard InChI is InChI=1S/C32H34B2O4S6/c1-15-21(17-11-13-19(39-17)33-35-29(3,4)30(5,6)36-33)41-25-23(15)43-28-26-24(44-27(25)28)16(2)22(42-26)18-12-14-20(40-18)34-37-31(7,8)32(9,10)38-34/h11-14H,1-10H3. The topological polar surface area (TPSA) is 36.9 Å². The van der Waals surface area contributed by atoms with Crippen LogP contribution >= 0.6 is 68.0 Å². The molecule has 6 aromatic rings. The summed E-state index contributed by atoms with van der Waals surface area (Å²) >= 11 is 11.4. The number of rotatable bonds is 4. The molecule has 0 unspecified atom stereocenters. The molecule has 8 rings (SSSR count). The molecule has 44 heavy (non-hydrogen) atoms. The Hall–Kier alpha value is -1.05. The van der Waals surface area contributed by atoms with Crippen LogP contribution in [0.3, 0.4) is 0 Å². The van der Waals surface area contributed by atoms with Crippen molar-refractivity contribution in [3.8, 4) is 19.5 Å². The van der Waals surface area contributed by atoms with Crippen LogP contribution in [0.5, 0.6) is 0 Å². The second kappa shape index (κ2) is 9.75. The summed E-state index contributed by atoms with van der Waals surface area (Å²) in [5, 5.41) is 0. The Morgan fingerprint density at radius 1 is 0.432 bits per heavy atom. The summed E-state index contributed by atoms with van der Waals surface area (Å²) in [4.78, 5) is 5.31. The molecule has 8 heterocycles. The van der Waals surface area contributed by atoms with Gasteiger partial charge in [0, 0.05) is 29.1 Å². The van der Waals surface area contributed by atoms with E-state index in [1.54, 1.807) is 22.7 Å². The second-order valence-electron chi connectivity index (χ2n) is 13.9. The quantitative estimate of drug-likeness (QED) is 0.172. The third-order valence-electron chi connectivity index (χ3n) is 9.88. The van der Waals surface area contributed by atoms with E-state index in [9.17, 15) is 0 Å². The van der Waals surface area contributed by atoms with E-state index in [2.05, 4.69) is 93.5 Å². The molecule has 228 valence electrons. The predicted molar refractivity (Wildman–Crippen MR) is 198 cm³/mol. The first kappa shape index (κ1) is 30.3. The lowest BCUT2D eigenvalue weighted by Gasteiger charge is -2.32. The molecule has 2 aliphatic rings. The van der Waals surface area contributed by atoms with Gasteiger partial charge in [-0.2, -0.15) is 0 Å². The van der Waals surface area contributed by atoms with E-state index in [1.165, 1.54) is 58.8 Å². The Balaban J connectivity index is 1.12. The van der Waals surface area contributed by atoms with Crippen LogP contribution in [0.1, 0.15) is 66.5 Å². The highest BCUT2D eigenvalue weighted by Gasteiger charge is 2.53. The smallest absolute Gasteiger partial charge is 0.399 e. The molecule has 0 saturated carbocycles. The van der Waals surface area contributed by atoms with E-state index in [0.29, 0.717) is 0 Å². The molecule has 2 fully saturated rings. The number of aryl methyl sites for hydroxylation is 2. The van der Waals surface area contributed by atoms with Gasteiger partial charge in [0.2, 0.25) is 0 Å². The number of fused-ring (bicyclic) bond motifs is 5. The fourth-order valence-electron chi connectivity index (χ4n) is 5.73. The summed E-state index contributed by atoms with van der Waals surface area (Å²) < 4.78 is 36.2. The van der Waals surface area contributed by atoms with Crippen molar-refractivity contribution in [3.05, 3.63) is 35.4 Å². The highest BCUT2D eigenvalue weighted by atomic mass is 32.1. The van der Waals surface area contributed by atoms with Crippen LogP contribution in [0.4, 0.5) is 0 Å². The van der Waals surface area contributed by atoms with Crippen LogP contribution in [0.25, 0.3) is 47.7 Å². The molecule has 0 aliphatic carbocycles. The summed E-state index contributed by atoms with van der Waals surface area (Å²) in [7, 11) is -0.631. The normalized spacial score (nSPS) is 20.8. The van der Waals surface area contributed by atoms with Gasteiger partial charge in [-0.15, -0.1) is 68.0 Å². The first-order valence-corrected chi connectivity index (χ1v) is 19.8. The van der Waals surface area contributed by atoms with Gasteiger partial charge in [-0.25, -0.2) is 0 Å². The van der Waals surface area contributed by atoms with E-state index in [0.717, 1.165) is 9.55 Å². The van der Waals surface area contributed by atoms with Crippen molar-refractivity contribution < 1.29 is 18.6 Å². The average Bonchev–Trinajstić information content (AvgIpc) is 3.76. The minimum absolute atomic E-state index is 0.315. The molecule has 12 heteroatoms. The molecule has 0 aromatic carbocycles. The summed E-state index contributed by atoms with van der Waals surface area (Å²) in [5.74, 6) is 0. The van der Waals surface area contributed by atoms with Crippen molar-refractivity contribution in [3.63, 3.8) is 0 Å². The third kappa shape index (κ3) is 4.32. The Kier molecular flexibility index (Phi) is 6.71. The Morgan fingerprint density at radius 2 is 0.750 bits per heavy atom. The highest BCUT2D eigenvalue weighted by molar-refractivity contribution is 7.46. The summed E-state index contributed by atoms with van der Waals surface area (Å²) in [6.45, 7) is 21.5. The largest absolute Gasteiger partial charge is 0.505 e. The van der Waals surface area contributed by atoms with Crippen molar-refractivity contribution in [2.75, 3.05) is 0 Å². The highest BCUT2D eigenvalue weighted by Crippen LogP contribution is 2.55. The maximum absolute atomic E-state index is 6.34. The van der Waals surface area contributed by atoms with Gasteiger partial charge in [-0.3, -0.25) is 0 Å². The van der Waals surface area contributed by atoms with Gasteiger partial charge < -0.3 is 18.6 Å². The number of hydrogen-bond acceptors (Lipinski definition) is 10. The lowest BCUT2D eigenvalue weighted by molar-refractivity contribution is 0.00578. The van der Waals surface area contributed by atoms with Crippen LogP contribution in [-0.4, -0.2) is 36.6 Å². The minimum Gasteiger partial charge on any atom is -0.399 e. The molecular weight excluding hydrogens is 662 g/mol. The van der Waals surface area contributed by atoms with Crippen molar-refractivity contribution in [2.24, 2.45) is 0 Å². The molecule has 4 nitrogen and oxygen atoms in total. The molecule has 0 spiro atoms. The first-order chi connectivity index (χ1) is 20.6. The van der Waals surface area contributed by atoms with Gasteiger partial charge >= 0.3 is 14.2 Å². The molecular formula is C32H34B2O4S6. The Morgan fingerprint density at radius 3 is 1.09 bits per heavy atom. The Labute approximate surface area is 283 Å². The van der Waals surface area contributed by atoms with Gasteiger partial charge in [0.1, 0.15) is 0 Å². The van der Waals surface area contributed by atoms with Crippen molar-refractivity contribution in [2.45, 2.75) is 91.6 Å². The SMILES string of the molecule is Cc1c(-c2ccc(B3OC(C)(C)C(C)(C)O3)s2)sc2c1sc1c3sc(-c4ccc(B5OC(C)(C)C(C)(C)O5)s4)c(C)c3sc21. The van der Waals surface area contributed by atoms with Gasteiger partial charge in [0.05, 0.1) is 50.6 Å². The fourth-order valence-corrected chi connectivity index (χ4v) is 14.0. The van der Waals surface area contributed by atoms with E-state index in [1.807, 2.05) is 45.3 Å². The van der Waals surface area contributed by atoms with Gasteiger partial charge in [0.25, 0.3) is 0 Å². The van der Waals surface area contributed by atoms with Crippen LogP contribution in [-0.2, 0) is 18.6 Å². The third-order valence-corrected chi connectivity index (χ3v) is 18.4. The summed E-state index contributed by atoms with van der Waals surface area (Å²) in [6.07, 6.45) is 0. The van der Waals surface area contributed by atoms with E-state index >= 15 is 0 Å². The van der Waals surface area contributed by atoms with Crippen LogP contribution in [0.15, 0.2) is 24.3 Å².